The summed E-state index contributed by atoms with van der Waals surface area (Å²) in [6, 6.07) is 5.39. The van der Waals surface area contributed by atoms with Crippen LogP contribution in [0, 0.1) is 11.3 Å². The number of hydrogen-bond donors (Lipinski definition) is 2. The molecule has 0 spiro atoms. The van der Waals surface area contributed by atoms with Crippen molar-refractivity contribution in [2.75, 3.05) is 5.32 Å². The van der Waals surface area contributed by atoms with E-state index in [-0.39, 0.29) is 11.9 Å². The number of aromatic nitrogens is 1. The van der Waals surface area contributed by atoms with Crippen LogP contribution in [0.4, 0.5) is 5.82 Å². The van der Waals surface area contributed by atoms with E-state index >= 15 is 0 Å². The highest BCUT2D eigenvalue weighted by atomic mass is 16.2. The molecule has 100 valence electrons. The number of amides is 1. The van der Waals surface area contributed by atoms with E-state index in [4.69, 9.17) is 5.26 Å². The SMILES string of the molecule is CC(Nc1ccc(C#N)cn1)C(=O)NC1CCCC1. The van der Waals surface area contributed by atoms with Crippen LogP contribution in [0.25, 0.3) is 0 Å². The lowest BCUT2D eigenvalue weighted by Crippen LogP contribution is -2.42. The fraction of sp³-hybridized carbons (Fsp3) is 0.500. The molecule has 0 radical (unpaired) electrons. The van der Waals surface area contributed by atoms with Crippen LogP contribution in [-0.2, 0) is 4.79 Å². The number of nitrogens with zero attached hydrogens (tertiary/aromatic N) is 2. The third kappa shape index (κ3) is 3.68. The van der Waals surface area contributed by atoms with E-state index in [1.165, 1.54) is 19.0 Å². The maximum absolute atomic E-state index is 12.0. The van der Waals surface area contributed by atoms with Crippen LogP contribution in [-0.4, -0.2) is 23.0 Å². The van der Waals surface area contributed by atoms with Crippen LogP contribution in [0.3, 0.4) is 0 Å². The van der Waals surface area contributed by atoms with Gasteiger partial charge in [0.1, 0.15) is 17.9 Å². The lowest BCUT2D eigenvalue weighted by molar-refractivity contribution is -0.122. The molecule has 1 fully saturated rings. The van der Waals surface area contributed by atoms with Gasteiger partial charge in [-0.2, -0.15) is 5.26 Å². The average Bonchev–Trinajstić information content (AvgIpc) is 2.92. The van der Waals surface area contributed by atoms with Crippen molar-refractivity contribution in [1.29, 1.82) is 5.26 Å². The van der Waals surface area contributed by atoms with Crippen LogP contribution in [0.2, 0.25) is 0 Å². The molecule has 5 heteroatoms. The molecule has 1 saturated carbocycles. The molecular weight excluding hydrogens is 240 g/mol. The predicted octanol–water partition coefficient (Wildman–Crippen LogP) is 1.81. The Morgan fingerprint density at radius 1 is 1.47 bits per heavy atom. The molecule has 5 nitrogen and oxygen atoms in total. The molecule has 1 aromatic rings. The van der Waals surface area contributed by atoms with Gasteiger partial charge in [0.05, 0.1) is 5.56 Å². The van der Waals surface area contributed by atoms with Crippen molar-refractivity contribution in [2.24, 2.45) is 0 Å². The van der Waals surface area contributed by atoms with Gasteiger partial charge >= 0.3 is 0 Å². The summed E-state index contributed by atoms with van der Waals surface area (Å²) in [4.78, 5) is 16.1. The molecule has 2 rings (SSSR count). The minimum absolute atomic E-state index is 0.00180. The molecule has 0 saturated heterocycles. The first-order chi connectivity index (χ1) is 9.19. The van der Waals surface area contributed by atoms with Gasteiger partial charge < -0.3 is 10.6 Å². The second-order valence-corrected chi connectivity index (χ2v) is 4.90. The quantitative estimate of drug-likeness (QED) is 0.863. The Morgan fingerprint density at radius 2 is 2.21 bits per heavy atom. The van der Waals surface area contributed by atoms with Gasteiger partial charge in [0.25, 0.3) is 0 Å². The summed E-state index contributed by atoms with van der Waals surface area (Å²) in [7, 11) is 0. The summed E-state index contributed by atoms with van der Waals surface area (Å²) in [5.74, 6) is 0.603. The van der Waals surface area contributed by atoms with Crippen LogP contribution in [0.1, 0.15) is 38.2 Å². The molecule has 0 aliphatic heterocycles. The van der Waals surface area contributed by atoms with E-state index in [1.807, 2.05) is 13.0 Å². The summed E-state index contributed by atoms with van der Waals surface area (Å²) in [5.41, 5.74) is 0.508. The Hall–Kier alpha value is -2.09. The summed E-state index contributed by atoms with van der Waals surface area (Å²) in [5, 5.41) is 14.8. The first-order valence-electron chi connectivity index (χ1n) is 6.62. The zero-order chi connectivity index (χ0) is 13.7. The van der Waals surface area contributed by atoms with Gasteiger partial charge in [-0.15, -0.1) is 0 Å². The zero-order valence-electron chi connectivity index (χ0n) is 11.0. The molecule has 1 aliphatic carbocycles. The highest BCUT2D eigenvalue weighted by Crippen LogP contribution is 2.17. The van der Waals surface area contributed by atoms with E-state index in [0.29, 0.717) is 17.4 Å². The number of nitrogens with one attached hydrogen (secondary N) is 2. The second kappa shape index (κ2) is 6.19. The van der Waals surface area contributed by atoms with Gasteiger partial charge in [-0.25, -0.2) is 4.98 Å². The summed E-state index contributed by atoms with van der Waals surface area (Å²) < 4.78 is 0. The van der Waals surface area contributed by atoms with E-state index in [9.17, 15) is 4.79 Å². The number of carbonyl (C=O) groups is 1. The van der Waals surface area contributed by atoms with Crippen molar-refractivity contribution in [1.82, 2.24) is 10.3 Å². The second-order valence-electron chi connectivity index (χ2n) is 4.90. The molecule has 1 unspecified atom stereocenters. The number of hydrogen-bond acceptors (Lipinski definition) is 4. The summed E-state index contributed by atoms with van der Waals surface area (Å²) in [6.07, 6.45) is 6.04. The van der Waals surface area contributed by atoms with Gasteiger partial charge in [-0.1, -0.05) is 12.8 Å². The minimum atomic E-state index is -0.332. The lowest BCUT2D eigenvalue weighted by Gasteiger charge is -2.18. The zero-order valence-corrected chi connectivity index (χ0v) is 11.0. The molecule has 1 atom stereocenters. The maximum Gasteiger partial charge on any atom is 0.242 e. The van der Waals surface area contributed by atoms with Crippen molar-refractivity contribution in [2.45, 2.75) is 44.7 Å². The number of nitriles is 1. The molecule has 0 bridgehead atoms. The number of pyridine rings is 1. The molecule has 1 aromatic heterocycles. The topological polar surface area (TPSA) is 77.8 Å². The number of anilines is 1. The Kier molecular flexibility index (Phi) is 4.35. The van der Waals surface area contributed by atoms with E-state index in [1.54, 1.807) is 12.1 Å². The van der Waals surface area contributed by atoms with Crippen LogP contribution >= 0.6 is 0 Å². The molecule has 19 heavy (non-hydrogen) atoms. The van der Waals surface area contributed by atoms with Gasteiger partial charge in [0, 0.05) is 12.2 Å². The van der Waals surface area contributed by atoms with Crippen LogP contribution in [0.15, 0.2) is 18.3 Å². The molecule has 2 N–H and O–H groups in total. The van der Waals surface area contributed by atoms with E-state index in [0.717, 1.165) is 12.8 Å². The monoisotopic (exact) mass is 258 g/mol. The number of carbonyl (C=O) groups excluding carboxylic acids is 1. The van der Waals surface area contributed by atoms with Crippen molar-refractivity contribution < 1.29 is 4.79 Å². The first kappa shape index (κ1) is 13.3. The van der Waals surface area contributed by atoms with Crippen LogP contribution in [0.5, 0.6) is 0 Å². The fourth-order valence-electron chi connectivity index (χ4n) is 2.23. The normalized spacial score (nSPS) is 16.6. The maximum atomic E-state index is 12.0. The summed E-state index contributed by atoms with van der Waals surface area (Å²) >= 11 is 0. The van der Waals surface area contributed by atoms with E-state index in [2.05, 4.69) is 15.6 Å². The lowest BCUT2D eigenvalue weighted by atomic mass is 10.2. The van der Waals surface area contributed by atoms with Gasteiger partial charge in [-0.3, -0.25) is 4.79 Å². The smallest absolute Gasteiger partial charge is 0.242 e. The third-order valence-electron chi connectivity index (χ3n) is 3.35. The molecule has 1 aliphatic rings. The highest BCUT2D eigenvalue weighted by Gasteiger charge is 2.20. The van der Waals surface area contributed by atoms with Crippen molar-refractivity contribution in [3.05, 3.63) is 23.9 Å². The Labute approximate surface area is 113 Å². The number of rotatable bonds is 4. The molecule has 1 amide bonds. The largest absolute Gasteiger partial charge is 0.359 e. The molecular formula is C14H18N4O. The standard InChI is InChI=1S/C14H18N4O/c1-10(14(19)18-12-4-2-3-5-12)17-13-7-6-11(8-15)9-16-13/h6-7,9-10,12H,2-5H2,1H3,(H,16,17)(H,18,19). The average molecular weight is 258 g/mol. The van der Waals surface area contributed by atoms with Crippen molar-refractivity contribution in [3.8, 4) is 6.07 Å². The van der Waals surface area contributed by atoms with Gasteiger partial charge in [0.15, 0.2) is 0 Å². The Balaban J connectivity index is 1.86. The minimum Gasteiger partial charge on any atom is -0.359 e. The molecule has 1 heterocycles. The van der Waals surface area contributed by atoms with Gasteiger partial charge in [-0.05, 0) is 31.9 Å². The fourth-order valence-corrected chi connectivity index (χ4v) is 2.23. The predicted molar refractivity (Wildman–Crippen MR) is 72.4 cm³/mol. The van der Waals surface area contributed by atoms with Crippen LogP contribution < -0.4 is 10.6 Å². The Bertz CT molecular complexity index is 471. The van der Waals surface area contributed by atoms with Crippen molar-refractivity contribution >= 4 is 11.7 Å². The first-order valence-corrected chi connectivity index (χ1v) is 6.62. The molecule has 0 aromatic carbocycles. The van der Waals surface area contributed by atoms with E-state index < -0.39 is 0 Å². The highest BCUT2D eigenvalue weighted by molar-refractivity contribution is 5.84. The van der Waals surface area contributed by atoms with Crippen molar-refractivity contribution in [3.63, 3.8) is 0 Å². The Morgan fingerprint density at radius 3 is 2.79 bits per heavy atom. The van der Waals surface area contributed by atoms with Gasteiger partial charge in [0.2, 0.25) is 5.91 Å². The summed E-state index contributed by atoms with van der Waals surface area (Å²) in [6.45, 7) is 1.81. The third-order valence-corrected chi connectivity index (χ3v) is 3.35.